The molecule has 2 unspecified atom stereocenters. The van der Waals surface area contributed by atoms with E-state index in [4.69, 9.17) is 0 Å². The number of hydrogen-bond donors (Lipinski definition) is 1. The fraction of sp³-hybridized carbons (Fsp3) is 0.412. The van der Waals surface area contributed by atoms with Crippen LogP contribution >= 0.6 is 11.8 Å². The minimum Gasteiger partial charge on any atom is -0.309 e. The Labute approximate surface area is 131 Å². The van der Waals surface area contributed by atoms with Crippen molar-refractivity contribution < 1.29 is 0 Å². The summed E-state index contributed by atoms with van der Waals surface area (Å²) < 4.78 is 0. The van der Waals surface area contributed by atoms with Gasteiger partial charge < -0.3 is 5.32 Å². The Hall–Kier alpha value is -1.39. The van der Waals surface area contributed by atoms with Crippen LogP contribution in [-0.2, 0) is 6.42 Å². The molecule has 112 valence electrons. The number of aryl methyl sites for hydroxylation is 1. The Kier molecular flexibility index (Phi) is 6.21. The standard InChI is InChI=1S/C17H23N3S/c1-4-14-6-8-15(9-7-14)17(19-5-2)13(3)21-16-10-11-18-12-20-16/h6-13,17,19H,4-5H2,1-3H3. The Morgan fingerprint density at radius 3 is 2.48 bits per heavy atom. The Bertz CT molecular complexity index is 527. The van der Waals surface area contributed by atoms with Gasteiger partial charge in [-0.15, -0.1) is 11.8 Å². The highest BCUT2D eigenvalue weighted by Gasteiger charge is 2.19. The van der Waals surface area contributed by atoms with Crippen molar-refractivity contribution in [3.05, 3.63) is 54.0 Å². The number of nitrogens with one attached hydrogen (secondary N) is 1. The van der Waals surface area contributed by atoms with Gasteiger partial charge in [-0.1, -0.05) is 45.0 Å². The lowest BCUT2D eigenvalue weighted by Crippen LogP contribution is -2.28. The van der Waals surface area contributed by atoms with Crippen molar-refractivity contribution in [1.29, 1.82) is 0 Å². The maximum Gasteiger partial charge on any atom is 0.116 e. The van der Waals surface area contributed by atoms with Crippen LogP contribution in [0.4, 0.5) is 0 Å². The zero-order valence-electron chi connectivity index (χ0n) is 12.9. The molecule has 21 heavy (non-hydrogen) atoms. The first-order chi connectivity index (χ1) is 10.2. The summed E-state index contributed by atoms with van der Waals surface area (Å²) >= 11 is 1.78. The summed E-state index contributed by atoms with van der Waals surface area (Å²) in [6, 6.07) is 11.2. The van der Waals surface area contributed by atoms with E-state index in [1.54, 1.807) is 24.3 Å². The van der Waals surface area contributed by atoms with Crippen molar-refractivity contribution in [2.45, 2.75) is 43.5 Å². The molecule has 0 aliphatic heterocycles. The summed E-state index contributed by atoms with van der Waals surface area (Å²) in [6.07, 6.45) is 4.48. The largest absolute Gasteiger partial charge is 0.309 e. The van der Waals surface area contributed by atoms with E-state index in [0.717, 1.165) is 18.0 Å². The van der Waals surface area contributed by atoms with Gasteiger partial charge in [0.2, 0.25) is 0 Å². The fourth-order valence-electron chi connectivity index (χ4n) is 2.34. The molecule has 0 aliphatic carbocycles. The molecule has 0 fully saturated rings. The Morgan fingerprint density at radius 1 is 1.14 bits per heavy atom. The van der Waals surface area contributed by atoms with E-state index in [1.165, 1.54) is 11.1 Å². The smallest absolute Gasteiger partial charge is 0.116 e. The summed E-state index contributed by atoms with van der Waals surface area (Å²) in [4.78, 5) is 8.28. The van der Waals surface area contributed by atoms with Crippen molar-refractivity contribution >= 4 is 11.8 Å². The average molecular weight is 301 g/mol. The van der Waals surface area contributed by atoms with E-state index in [9.17, 15) is 0 Å². The highest BCUT2D eigenvalue weighted by molar-refractivity contribution is 7.99. The molecule has 1 N–H and O–H groups in total. The second-order valence-corrected chi connectivity index (χ2v) is 6.40. The van der Waals surface area contributed by atoms with Crippen LogP contribution in [0.2, 0.25) is 0 Å². The molecule has 2 atom stereocenters. The predicted molar refractivity (Wildman–Crippen MR) is 89.6 cm³/mol. The first-order valence-corrected chi connectivity index (χ1v) is 8.37. The quantitative estimate of drug-likeness (QED) is 0.622. The zero-order valence-corrected chi connectivity index (χ0v) is 13.7. The van der Waals surface area contributed by atoms with Gasteiger partial charge in [0.05, 0.1) is 5.03 Å². The number of rotatable bonds is 7. The van der Waals surface area contributed by atoms with E-state index in [2.05, 4.69) is 60.3 Å². The van der Waals surface area contributed by atoms with E-state index in [1.807, 2.05) is 6.07 Å². The first kappa shape index (κ1) is 16.0. The number of aromatic nitrogens is 2. The van der Waals surface area contributed by atoms with Gasteiger partial charge in [-0.05, 0) is 30.2 Å². The second kappa shape index (κ2) is 8.15. The second-order valence-electron chi connectivity index (χ2n) is 5.00. The van der Waals surface area contributed by atoms with Gasteiger partial charge in [0, 0.05) is 17.5 Å². The number of nitrogens with zero attached hydrogens (tertiary/aromatic N) is 2. The zero-order chi connectivity index (χ0) is 15.1. The highest BCUT2D eigenvalue weighted by atomic mass is 32.2. The van der Waals surface area contributed by atoms with Crippen molar-refractivity contribution in [3.8, 4) is 0 Å². The van der Waals surface area contributed by atoms with Gasteiger partial charge in [-0.3, -0.25) is 0 Å². The van der Waals surface area contributed by atoms with Crippen molar-refractivity contribution in [2.24, 2.45) is 0 Å². The van der Waals surface area contributed by atoms with E-state index < -0.39 is 0 Å². The normalized spacial score (nSPS) is 13.9. The molecule has 4 heteroatoms. The molecular weight excluding hydrogens is 278 g/mol. The van der Waals surface area contributed by atoms with Gasteiger partial charge >= 0.3 is 0 Å². The van der Waals surface area contributed by atoms with Crippen LogP contribution in [-0.4, -0.2) is 21.8 Å². The third kappa shape index (κ3) is 4.55. The average Bonchev–Trinajstić information content (AvgIpc) is 2.53. The van der Waals surface area contributed by atoms with Crippen LogP contribution in [0.25, 0.3) is 0 Å². The molecule has 0 spiro atoms. The van der Waals surface area contributed by atoms with E-state index in [0.29, 0.717) is 11.3 Å². The third-order valence-electron chi connectivity index (χ3n) is 3.50. The van der Waals surface area contributed by atoms with E-state index in [-0.39, 0.29) is 0 Å². The maximum absolute atomic E-state index is 4.31. The summed E-state index contributed by atoms with van der Waals surface area (Å²) in [7, 11) is 0. The maximum atomic E-state index is 4.31. The summed E-state index contributed by atoms with van der Waals surface area (Å²) in [5.41, 5.74) is 2.72. The Morgan fingerprint density at radius 2 is 1.90 bits per heavy atom. The lowest BCUT2D eigenvalue weighted by atomic mass is 10.0. The lowest BCUT2D eigenvalue weighted by Gasteiger charge is -2.24. The fourth-order valence-corrected chi connectivity index (χ4v) is 3.36. The van der Waals surface area contributed by atoms with Crippen LogP contribution in [0.15, 0.2) is 47.9 Å². The summed E-state index contributed by atoms with van der Waals surface area (Å²) in [5.74, 6) is 0. The number of thioether (sulfide) groups is 1. The van der Waals surface area contributed by atoms with Crippen molar-refractivity contribution in [3.63, 3.8) is 0 Å². The lowest BCUT2D eigenvalue weighted by molar-refractivity contribution is 0.547. The van der Waals surface area contributed by atoms with Crippen molar-refractivity contribution in [2.75, 3.05) is 6.54 Å². The molecule has 0 bridgehead atoms. The number of hydrogen-bond acceptors (Lipinski definition) is 4. The first-order valence-electron chi connectivity index (χ1n) is 7.49. The molecule has 1 aromatic carbocycles. The summed E-state index contributed by atoms with van der Waals surface area (Å²) in [5, 5.41) is 5.01. The van der Waals surface area contributed by atoms with Gasteiger partial charge in [0.15, 0.2) is 0 Å². The third-order valence-corrected chi connectivity index (χ3v) is 4.63. The molecule has 0 saturated heterocycles. The van der Waals surface area contributed by atoms with Crippen molar-refractivity contribution in [1.82, 2.24) is 15.3 Å². The molecule has 1 heterocycles. The van der Waals surface area contributed by atoms with Crippen LogP contribution in [0.5, 0.6) is 0 Å². The number of benzene rings is 1. The summed E-state index contributed by atoms with van der Waals surface area (Å²) in [6.45, 7) is 7.53. The highest BCUT2D eigenvalue weighted by Crippen LogP contribution is 2.30. The van der Waals surface area contributed by atoms with E-state index >= 15 is 0 Å². The predicted octanol–water partition coefficient (Wildman–Crippen LogP) is 3.87. The molecule has 0 radical (unpaired) electrons. The van der Waals surface area contributed by atoms with Crippen LogP contribution in [0.3, 0.4) is 0 Å². The molecule has 2 aromatic rings. The molecule has 0 amide bonds. The van der Waals surface area contributed by atoms with Gasteiger partial charge in [0.1, 0.15) is 6.33 Å². The molecular formula is C17H23N3S. The van der Waals surface area contributed by atoms with Crippen LogP contribution in [0, 0.1) is 0 Å². The topological polar surface area (TPSA) is 37.8 Å². The Balaban J connectivity index is 2.13. The molecule has 1 aromatic heterocycles. The van der Waals surface area contributed by atoms with Gasteiger partial charge in [-0.25, -0.2) is 9.97 Å². The SMILES string of the molecule is CCNC(c1ccc(CC)cc1)C(C)Sc1ccncn1. The minimum atomic E-state index is 0.320. The van der Waals surface area contributed by atoms with Crippen LogP contribution < -0.4 is 5.32 Å². The molecule has 3 nitrogen and oxygen atoms in total. The molecule has 2 rings (SSSR count). The van der Waals surface area contributed by atoms with Gasteiger partial charge in [0.25, 0.3) is 0 Å². The monoisotopic (exact) mass is 301 g/mol. The van der Waals surface area contributed by atoms with Gasteiger partial charge in [-0.2, -0.15) is 0 Å². The molecule has 0 saturated carbocycles. The molecule has 0 aliphatic rings. The van der Waals surface area contributed by atoms with Crippen LogP contribution in [0.1, 0.15) is 37.9 Å². The minimum absolute atomic E-state index is 0.320.